The maximum atomic E-state index is 11.3. The molecule has 0 aliphatic heterocycles. The molecule has 1 heterocycles. The highest BCUT2D eigenvalue weighted by molar-refractivity contribution is 9.10. The smallest absolute Gasteiger partial charge is 0.347 e. The average Bonchev–Trinajstić information content (AvgIpc) is 2.11. The van der Waals surface area contributed by atoms with Gasteiger partial charge >= 0.3 is 5.69 Å². The Hall–Kier alpha value is -1.17. The van der Waals surface area contributed by atoms with Crippen LogP contribution >= 0.6 is 15.9 Å². The predicted molar refractivity (Wildman–Crippen MR) is 54.9 cm³/mol. The zero-order chi connectivity index (χ0) is 10.7. The Bertz CT molecular complexity index is 400. The lowest BCUT2D eigenvalue weighted by Gasteiger charge is -2.10. The zero-order valence-electron chi connectivity index (χ0n) is 7.90. The minimum Gasteiger partial charge on any atom is -0.347 e. The van der Waals surface area contributed by atoms with E-state index in [1.807, 2.05) is 0 Å². The second-order valence-electron chi connectivity index (χ2n) is 2.97. The molecular weight excluding hydrogens is 250 g/mol. The number of hydrogen-bond donors (Lipinski definition) is 0. The third-order valence-corrected chi connectivity index (χ3v) is 2.04. The summed E-state index contributed by atoms with van der Waals surface area (Å²) in [6.07, 6.45) is 2.94. The van der Waals surface area contributed by atoms with Gasteiger partial charge < -0.3 is 4.90 Å². The van der Waals surface area contributed by atoms with E-state index >= 15 is 0 Å². The summed E-state index contributed by atoms with van der Waals surface area (Å²) in [6.45, 7) is 0.0122. The lowest BCUT2D eigenvalue weighted by atomic mass is 10.5. The average molecular weight is 260 g/mol. The Morgan fingerprint density at radius 1 is 1.64 bits per heavy atom. The topological polar surface area (TPSA) is 55.2 Å². The molecule has 14 heavy (non-hydrogen) atoms. The van der Waals surface area contributed by atoms with Gasteiger partial charge in [0.05, 0.1) is 4.47 Å². The van der Waals surface area contributed by atoms with Crippen LogP contribution in [-0.2, 0) is 11.3 Å². The first-order valence-corrected chi connectivity index (χ1v) is 4.72. The van der Waals surface area contributed by atoms with Gasteiger partial charge in [-0.15, -0.1) is 0 Å². The molecule has 1 aromatic rings. The number of halogens is 1. The molecule has 0 saturated heterocycles. The van der Waals surface area contributed by atoms with Gasteiger partial charge in [0.2, 0.25) is 5.91 Å². The number of carbonyl (C=O) groups is 1. The first kappa shape index (κ1) is 10.9. The van der Waals surface area contributed by atoms with Crippen LogP contribution in [0.3, 0.4) is 0 Å². The normalized spacial score (nSPS) is 9.93. The molecule has 1 rings (SSSR count). The Morgan fingerprint density at radius 2 is 2.29 bits per heavy atom. The van der Waals surface area contributed by atoms with Crippen LogP contribution in [0.15, 0.2) is 21.7 Å². The molecule has 0 atom stereocenters. The zero-order valence-corrected chi connectivity index (χ0v) is 9.48. The summed E-state index contributed by atoms with van der Waals surface area (Å²) in [6, 6.07) is 0. The summed E-state index contributed by atoms with van der Waals surface area (Å²) in [4.78, 5) is 27.5. The number of rotatable bonds is 2. The second-order valence-corrected chi connectivity index (χ2v) is 3.89. The summed E-state index contributed by atoms with van der Waals surface area (Å²) in [5, 5.41) is 0. The van der Waals surface area contributed by atoms with Crippen molar-refractivity contribution in [2.45, 2.75) is 6.54 Å². The van der Waals surface area contributed by atoms with Crippen LogP contribution in [0.4, 0.5) is 0 Å². The van der Waals surface area contributed by atoms with Crippen molar-refractivity contribution in [2.24, 2.45) is 0 Å². The van der Waals surface area contributed by atoms with Gasteiger partial charge in [0.15, 0.2) is 0 Å². The van der Waals surface area contributed by atoms with E-state index in [9.17, 15) is 9.59 Å². The lowest BCUT2D eigenvalue weighted by molar-refractivity contribution is -0.129. The van der Waals surface area contributed by atoms with Crippen LogP contribution in [0.25, 0.3) is 0 Å². The van der Waals surface area contributed by atoms with E-state index < -0.39 is 5.69 Å². The third-order valence-electron chi connectivity index (χ3n) is 1.63. The van der Waals surface area contributed by atoms with Gasteiger partial charge in [0.1, 0.15) is 6.54 Å². The summed E-state index contributed by atoms with van der Waals surface area (Å²) in [7, 11) is 3.28. The quantitative estimate of drug-likeness (QED) is 0.757. The standard InChI is InChI=1S/C8H10BrN3O2/c1-11(2)7(13)5-12-4-6(9)3-10-8(12)14/h3-4H,5H2,1-2H3. The van der Waals surface area contributed by atoms with Gasteiger partial charge in [-0.25, -0.2) is 9.78 Å². The molecule has 0 aliphatic carbocycles. The Kier molecular flexibility index (Phi) is 3.40. The molecule has 0 unspecified atom stereocenters. The Morgan fingerprint density at radius 3 is 2.86 bits per heavy atom. The van der Waals surface area contributed by atoms with Gasteiger partial charge in [-0.1, -0.05) is 0 Å². The van der Waals surface area contributed by atoms with Crippen molar-refractivity contribution in [3.05, 3.63) is 27.4 Å². The van der Waals surface area contributed by atoms with Gasteiger partial charge in [-0.2, -0.15) is 0 Å². The molecule has 0 radical (unpaired) electrons. The van der Waals surface area contributed by atoms with Gasteiger partial charge in [0.25, 0.3) is 0 Å². The molecular formula is C8H10BrN3O2. The summed E-state index contributed by atoms with van der Waals surface area (Å²) in [5.74, 6) is -0.146. The van der Waals surface area contributed by atoms with Crippen LogP contribution < -0.4 is 5.69 Å². The van der Waals surface area contributed by atoms with E-state index in [2.05, 4.69) is 20.9 Å². The van der Waals surface area contributed by atoms with Crippen LogP contribution in [-0.4, -0.2) is 34.5 Å². The van der Waals surface area contributed by atoms with Gasteiger partial charge in [-0.05, 0) is 15.9 Å². The fraction of sp³-hybridized carbons (Fsp3) is 0.375. The van der Waals surface area contributed by atoms with E-state index in [1.54, 1.807) is 14.1 Å². The van der Waals surface area contributed by atoms with Crippen molar-refractivity contribution in [3.63, 3.8) is 0 Å². The molecule has 0 N–H and O–H groups in total. The maximum absolute atomic E-state index is 11.3. The first-order chi connectivity index (χ1) is 6.50. The van der Waals surface area contributed by atoms with E-state index in [0.29, 0.717) is 4.47 Å². The van der Waals surface area contributed by atoms with Crippen LogP contribution in [0.5, 0.6) is 0 Å². The molecule has 0 aromatic carbocycles. The highest BCUT2D eigenvalue weighted by Crippen LogP contribution is 2.03. The molecule has 0 fully saturated rings. The highest BCUT2D eigenvalue weighted by Gasteiger charge is 2.06. The van der Waals surface area contributed by atoms with E-state index in [1.165, 1.54) is 21.9 Å². The molecule has 76 valence electrons. The van der Waals surface area contributed by atoms with Gasteiger partial charge in [0, 0.05) is 26.5 Å². The van der Waals surface area contributed by atoms with Crippen LogP contribution in [0.1, 0.15) is 0 Å². The molecule has 1 aromatic heterocycles. The summed E-state index contributed by atoms with van der Waals surface area (Å²) >= 11 is 3.18. The van der Waals surface area contributed by atoms with Crippen molar-refractivity contribution in [3.8, 4) is 0 Å². The number of hydrogen-bond acceptors (Lipinski definition) is 3. The minimum atomic E-state index is -0.427. The Labute approximate surface area is 89.5 Å². The molecule has 5 nitrogen and oxygen atoms in total. The highest BCUT2D eigenvalue weighted by atomic mass is 79.9. The monoisotopic (exact) mass is 259 g/mol. The molecule has 6 heteroatoms. The number of carbonyl (C=O) groups excluding carboxylic acids is 1. The minimum absolute atomic E-state index is 0.0122. The van der Waals surface area contributed by atoms with E-state index in [4.69, 9.17) is 0 Å². The Balaban J connectivity index is 2.92. The van der Waals surface area contributed by atoms with Crippen LogP contribution in [0, 0.1) is 0 Å². The fourth-order valence-corrected chi connectivity index (χ4v) is 1.18. The second kappa shape index (κ2) is 4.36. The SMILES string of the molecule is CN(C)C(=O)Cn1cc(Br)cnc1=O. The first-order valence-electron chi connectivity index (χ1n) is 3.93. The molecule has 1 amide bonds. The number of aromatic nitrogens is 2. The summed E-state index contributed by atoms with van der Waals surface area (Å²) in [5.41, 5.74) is -0.427. The number of amides is 1. The maximum Gasteiger partial charge on any atom is 0.348 e. The number of nitrogens with zero attached hydrogens (tertiary/aromatic N) is 3. The number of likely N-dealkylation sites (N-methyl/N-ethyl adjacent to an activating group) is 1. The summed E-state index contributed by atoms with van der Waals surface area (Å²) < 4.78 is 1.93. The van der Waals surface area contributed by atoms with Crippen molar-refractivity contribution < 1.29 is 4.79 Å². The predicted octanol–water partition coefficient (Wildman–Crippen LogP) is 0.0940. The largest absolute Gasteiger partial charge is 0.348 e. The van der Waals surface area contributed by atoms with Crippen LogP contribution in [0.2, 0.25) is 0 Å². The molecule has 0 bridgehead atoms. The fourth-order valence-electron chi connectivity index (χ4n) is 0.829. The van der Waals surface area contributed by atoms with E-state index in [0.717, 1.165) is 0 Å². The van der Waals surface area contributed by atoms with Crippen molar-refractivity contribution in [1.82, 2.24) is 14.5 Å². The van der Waals surface area contributed by atoms with Gasteiger partial charge in [-0.3, -0.25) is 9.36 Å². The van der Waals surface area contributed by atoms with Crippen molar-refractivity contribution >= 4 is 21.8 Å². The van der Waals surface area contributed by atoms with E-state index in [-0.39, 0.29) is 12.5 Å². The molecule has 0 saturated carbocycles. The molecule has 0 spiro atoms. The lowest BCUT2D eigenvalue weighted by Crippen LogP contribution is -2.32. The van der Waals surface area contributed by atoms with Crippen molar-refractivity contribution in [2.75, 3.05) is 14.1 Å². The van der Waals surface area contributed by atoms with Crippen molar-refractivity contribution in [1.29, 1.82) is 0 Å². The third kappa shape index (κ3) is 2.66. The molecule has 0 aliphatic rings.